The van der Waals surface area contributed by atoms with Gasteiger partial charge < -0.3 is 10.2 Å². The second-order valence-electron chi connectivity index (χ2n) is 8.80. The maximum Gasteiger partial charge on any atom is 0.223 e. The number of benzene rings is 1. The zero-order valence-corrected chi connectivity index (χ0v) is 18.2. The summed E-state index contributed by atoms with van der Waals surface area (Å²) in [4.78, 5) is 20.0. The van der Waals surface area contributed by atoms with Gasteiger partial charge in [0.25, 0.3) is 0 Å². The lowest BCUT2D eigenvalue weighted by molar-refractivity contribution is -0.127. The predicted molar refractivity (Wildman–Crippen MR) is 118 cm³/mol. The van der Waals surface area contributed by atoms with E-state index in [-0.39, 0.29) is 11.8 Å². The lowest BCUT2D eigenvalue weighted by atomic mass is 9.78. The van der Waals surface area contributed by atoms with Crippen molar-refractivity contribution in [2.24, 2.45) is 17.8 Å². The highest BCUT2D eigenvalue weighted by molar-refractivity contribution is 7.22. The molecule has 0 bridgehead atoms. The normalized spacial score (nSPS) is 26.5. The van der Waals surface area contributed by atoms with Gasteiger partial charge in [-0.15, -0.1) is 0 Å². The number of nitrogens with one attached hydrogen (secondary N) is 1. The highest BCUT2D eigenvalue weighted by Crippen LogP contribution is 2.33. The number of anilines is 1. The summed E-state index contributed by atoms with van der Waals surface area (Å²) in [6.07, 6.45) is 6.60. The summed E-state index contributed by atoms with van der Waals surface area (Å²) in [5, 5.41) is 4.50. The third-order valence-corrected chi connectivity index (χ3v) is 8.10. The Balaban J connectivity index is 1.34. The van der Waals surface area contributed by atoms with Crippen LogP contribution in [0.1, 0.15) is 58.4 Å². The number of hydrogen-bond acceptors (Lipinski definition) is 4. The van der Waals surface area contributed by atoms with E-state index in [1.807, 2.05) is 0 Å². The van der Waals surface area contributed by atoms with Crippen molar-refractivity contribution in [2.45, 2.75) is 65.3 Å². The standard InChI is InChI=1S/C23H33N3OS/c1-4-17-8-9-20-21(14-17)28-23(25-20)26-12-10-18(11-13-26)22(27)24-19-7-5-6-15(2)16(19)3/h8-9,14-16,18-19H,4-7,10-13H2,1-3H3,(H,24,27)/t15-,16+,19-/m1/s1. The van der Waals surface area contributed by atoms with Gasteiger partial charge in [0, 0.05) is 25.0 Å². The molecule has 0 unspecified atom stereocenters. The molecule has 0 spiro atoms. The number of aryl methyl sites for hydroxylation is 1. The minimum atomic E-state index is 0.154. The molecule has 2 aromatic rings. The molecule has 28 heavy (non-hydrogen) atoms. The minimum Gasteiger partial charge on any atom is -0.353 e. The molecule has 1 aromatic carbocycles. The molecule has 2 aliphatic rings. The molecule has 4 nitrogen and oxygen atoms in total. The van der Waals surface area contributed by atoms with Gasteiger partial charge in [-0.25, -0.2) is 4.98 Å². The molecule has 1 aromatic heterocycles. The van der Waals surface area contributed by atoms with Crippen LogP contribution in [-0.2, 0) is 11.2 Å². The first kappa shape index (κ1) is 19.7. The van der Waals surface area contributed by atoms with Gasteiger partial charge in [-0.05, 0) is 55.2 Å². The van der Waals surface area contributed by atoms with E-state index in [0.717, 1.165) is 49.4 Å². The summed E-state index contributed by atoms with van der Waals surface area (Å²) in [6.45, 7) is 8.66. The quantitative estimate of drug-likeness (QED) is 0.785. The summed E-state index contributed by atoms with van der Waals surface area (Å²) in [6, 6.07) is 6.95. The number of thiazole rings is 1. The van der Waals surface area contributed by atoms with Crippen molar-refractivity contribution >= 4 is 32.6 Å². The molecule has 0 radical (unpaired) electrons. The van der Waals surface area contributed by atoms with Crippen LogP contribution < -0.4 is 10.2 Å². The van der Waals surface area contributed by atoms with Gasteiger partial charge in [0.05, 0.1) is 10.2 Å². The number of fused-ring (bicyclic) bond motifs is 1. The van der Waals surface area contributed by atoms with Gasteiger partial charge in [-0.2, -0.15) is 0 Å². The van der Waals surface area contributed by atoms with Crippen molar-refractivity contribution in [1.82, 2.24) is 10.3 Å². The van der Waals surface area contributed by atoms with Crippen LogP contribution in [-0.4, -0.2) is 30.0 Å². The molecule has 2 heterocycles. The smallest absolute Gasteiger partial charge is 0.223 e. The Morgan fingerprint density at radius 2 is 2.00 bits per heavy atom. The number of piperidine rings is 1. The molecule has 1 N–H and O–H groups in total. The highest BCUT2D eigenvalue weighted by Gasteiger charge is 2.32. The van der Waals surface area contributed by atoms with Crippen LogP contribution in [0.2, 0.25) is 0 Å². The van der Waals surface area contributed by atoms with Crippen LogP contribution in [0.15, 0.2) is 18.2 Å². The van der Waals surface area contributed by atoms with Crippen molar-refractivity contribution in [3.63, 3.8) is 0 Å². The van der Waals surface area contributed by atoms with Crippen molar-refractivity contribution in [3.8, 4) is 0 Å². The van der Waals surface area contributed by atoms with Crippen LogP contribution in [0, 0.1) is 17.8 Å². The Morgan fingerprint density at radius 1 is 1.21 bits per heavy atom. The molecular weight excluding hydrogens is 366 g/mol. The van der Waals surface area contributed by atoms with Crippen LogP contribution >= 0.6 is 11.3 Å². The van der Waals surface area contributed by atoms with Crippen molar-refractivity contribution in [3.05, 3.63) is 23.8 Å². The molecule has 2 fully saturated rings. The summed E-state index contributed by atoms with van der Waals surface area (Å²) < 4.78 is 1.27. The average molecular weight is 400 g/mol. The van der Waals surface area contributed by atoms with Crippen LogP contribution in [0.4, 0.5) is 5.13 Å². The van der Waals surface area contributed by atoms with Crippen molar-refractivity contribution in [2.75, 3.05) is 18.0 Å². The van der Waals surface area contributed by atoms with Gasteiger partial charge in [0.1, 0.15) is 0 Å². The second kappa shape index (κ2) is 8.40. The van der Waals surface area contributed by atoms with E-state index in [9.17, 15) is 4.79 Å². The van der Waals surface area contributed by atoms with Crippen molar-refractivity contribution in [1.29, 1.82) is 0 Å². The Bertz CT molecular complexity index is 824. The number of carbonyl (C=O) groups excluding carboxylic acids is 1. The fourth-order valence-corrected chi connectivity index (χ4v) is 5.81. The first-order chi connectivity index (χ1) is 13.5. The first-order valence-electron chi connectivity index (χ1n) is 11.0. The van der Waals surface area contributed by atoms with E-state index in [4.69, 9.17) is 4.98 Å². The van der Waals surface area contributed by atoms with Gasteiger partial charge in [0.2, 0.25) is 5.91 Å². The predicted octanol–water partition coefficient (Wildman–Crippen LogP) is 5.02. The maximum atomic E-state index is 12.8. The summed E-state index contributed by atoms with van der Waals surface area (Å²) in [5.74, 6) is 1.74. The van der Waals surface area contributed by atoms with Gasteiger partial charge >= 0.3 is 0 Å². The molecule has 1 aliphatic carbocycles. The zero-order valence-electron chi connectivity index (χ0n) is 17.4. The number of carbonyl (C=O) groups is 1. The lowest BCUT2D eigenvalue weighted by Crippen LogP contribution is -2.48. The number of hydrogen-bond donors (Lipinski definition) is 1. The maximum absolute atomic E-state index is 12.8. The number of nitrogens with zero attached hydrogens (tertiary/aromatic N) is 2. The number of amides is 1. The third kappa shape index (κ3) is 4.05. The Kier molecular flexibility index (Phi) is 5.91. The summed E-state index contributed by atoms with van der Waals surface area (Å²) in [5.41, 5.74) is 2.46. The Hall–Kier alpha value is -1.62. The van der Waals surface area contributed by atoms with Gasteiger partial charge in [0.15, 0.2) is 5.13 Å². The molecule has 5 heteroatoms. The third-order valence-electron chi connectivity index (χ3n) is 7.02. The monoisotopic (exact) mass is 399 g/mol. The molecule has 1 aliphatic heterocycles. The Morgan fingerprint density at radius 3 is 2.75 bits per heavy atom. The average Bonchev–Trinajstić information content (AvgIpc) is 3.14. The van der Waals surface area contributed by atoms with Crippen LogP contribution in [0.3, 0.4) is 0 Å². The van der Waals surface area contributed by atoms with Gasteiger partial charge in [-0.3, -0.25) is 4.79 Å². The lowest BCUT2D eigenvalue weighted by Gasteiger charge is -2.37. The molecular formula is C23H33N3OS. The van der Waals surface area contributed by atoms with E-state index < -0.39 is 0 Å². The van der Waals surface area contributed by atoms with E-state index in [0.29, 0.717) is 17.9 Å². The second-order valence-corrected chi connectivity index (χ2v) is 9.80. The summed E-state index contributed by atoms with van der Waals surface area (Å²) in [7, 11) is 0. The fourth-order valence-electron chi connectivity index (χ4n) is 4.73. The summed E-state index contributed by atoms with van der Waals surface area (Å²) >= 11 is 1.79. The van der Waals surface area contributed by atoms with E-state index in [1.165, 1.54) is 23.1 Å². The molecule has 1 saturated heterocycles. The minimum absolute atomic E-state index is 0.154. The zero-order chi connectivity index (χ0) is 19.7. The SMILES string of the molecule is CCc1ccc2nc(N3CCC(C(=O)N[C@@H]4CCC[C@@H](C)[C@@H]4C)CC3)sc2c1. The molecule has 1 saturated carbocycles. The topological polar surface area (TPSA) is 45.2 Å². The molecule has 4 rings (SSSR count). The first-order valence-corrected chi connectivity index (χ1v) is 11.8. The highest BCUT2D eigenvalue weighted by atomic mass is 32.1. The number of rotatable bonds is 4. The fraction of sp³-hybridized carbons (Fsp3) is 0.652. The Labute approximate surface area is 172 Å². The molecule has 152 valence electrons. The van der Waals surface area contributed by atoms with Gasteiger partial charge in [-0.1, -0.05) is 51.0 Å². The molecule has 3 atom stereocenters. The largest absolute Gasteiger partial charge is 0.353 e. The van der Waals surface area contributed by atoms with E-state index in [2.05, 4.69) is 49.2 Å². The van der Waals surface area contributed by atoms with Crippen LogP contribution in [0.5, 0.6) is 0 Å². The van der Waals surface area contributed by atoms with Crippen LogP contribution in [0.25, 0.3) is 10.2 Å². The van der Waals surface area contributed by atoms with E-state index >= 15 is 0 Å². The molecule has 1 amide bonds. The van der Waals surface area contributed by atoms with Crippen molar-refractivity contribution < 1.29 is 4.79 Å². The number of aromatic nitrogens is 1. The van der Waals surface area contributed by atoms with E-state index in [1.54, 1.807) is 11.3 Å².